The second kappa shape index (κ2) is 7.25. The van der Waals surface area contributed by atoms with E-state index in [0.717, 1.165) is 0 Å². The van der Waals surface area contributed by atoms with Gasteiger partial charge in [-0.2, -0.15) is 0 Å². The summed E-state index contributed by atoms with van der Waals surface area (Å²) in [5.41, 5.74) is 0.956. The molecule has 0 radical (unpaired) electrons. The minimum absolute atomic E-state index is 0.260. The first-order valence-electron chi connectivity index (χ1n) is 7.44. The Morgan fingerprint density at radius 2 is 1.92 bits per heavy atom. The van der Waals surface area contributed by atoms with Crippen LogP contribution in [0.1, 0.15) is 27.8 Å². The Bertz CT molecular complexity index is 909. The predicted octanol–water partition coefficient (Wildman–Crippen LogP) is 4.39. The fraction of sp³-hybridized carbons (Fsp3) is 0.111. The van der Waals surface area contributed by atoms with Crippen LogP contribution in [0.15, 0.2) is 54.9 Å². The normalized spacial score (nSPS) is 12.0. The number of aryl methyl sites for hydroxylation is 1. The van der Waals surface area contributed by atoms with Gasteiger partial charge in [-0.3, -0.25) is 4.79 Å². The zero-order chi connectivity index (χ0) is 18.0. The Balaban J connectivity index is 1.98. The molecule has 0 saturated heterocycles. The molecular formula is C18H14Cl2FN3O. The highest BCUT2D eigenvalue weighted by Crippen LogP contribution is 2.24. The van der Waals surface area contributed by atoms with Crippen LogP contribution in [0, 0.1) is 5.82 Å². The van der Waals surface area contributed by atoms with E-state index in [0.29, 0.717) is 21.4 Å². The van der Waals surface area contributed by atoms with Gasteiger partial charge in [0.15, 0.2) is 0 Å². The lowest BCUT2D eigenvalue weighted by Gasteiger charge is -2.19. The number of aromatic nitrogens is 2. The number of nitrogens with one attached hydrogen (secondary N) is 1. The van der Waals surface area contributed by atoms with E-state index in [4.69, 9.17) is 23.2 Å². The molecule has 1 aromatic heterocycles. The van der Waals surface area contributed by atoms with Crippen LogP contribution in [0.2, 0.25) is 10.0 Å². The van der Waals surface area contributed by atoms with Gasteiger partial charge in [0.25, 0.3) is 5.91 Å². The number of imidazole rings is 1. The third-order valence-electron chi connectivity index (χ3n) is 3.77. The topological polar surface area (TPSA) is 46.9 Å². The molecule has 0 spiro atoms. The van der Waals surface area contributed by atoms with Crippen LogP contribution >= 0.6 is 23.2 Å². The molecule has 1 amide bonds. The molecule has 4 nitrogen and oxygen atoms in total. The Hall–Kier alpha value is -2.37. The Kier molecular flexibility index (Phi) is 5.06. The first kappa shape index (κ1) is 17.5. The van der Waals surface area contributed by atoms with Gasteiger partial charge in [0.1, 0.15) is 17.7 Å². The number of amides is 1. The van der Waals surface area contributed by atoms with Crippen molar-refractivity contribution in [2.75, 3.05) is 0 Å². The van der Waals surface area contributed by atoms with Crippen LogP contribution in [0.4, 0.5) is 4.39 Å². The van der Waals surface area contributed by atoms with Crippen LogP contribution in [0.25, 0.3) is 0 Å². The second-order valence-electron chi connectivity index (χ2n) is 5.48. The molecule has 0 bridgehead atoms. The maximum atomic E-state index is 13.3. The molecule has 0 saturated carbocycles. The highest BCUT2D eigenvalue weighted by molar-refractivity contribution is 6.35. The molecule has 1 atom stereocenters. The molecule has 128 valence electrons. The van der Waals surface area contributed by atoms with Crippen molar-refractivity contribution < 1.29 is 9.18 Å². The maximum Gasteiger partial charge on any atom is 0.253 e. The summed E-state index contributed by atoms with van der Waals surface area (Å²) in [5, 5.41) is 3.59. The van der Waals surface area contributed by atoms with E-state index in [2.05, 4.69) is 10.3 Å². The number of rotatable bonds is 4. The van der Waals surface area contributed by atoms with Gasteiger partial charge in [0.2, 0.25) is 0 Å². The number of nitrogens with zero attached hydrogens (tertiary/aromatic N) is 2. The van der Waals surface area contributed by atoms with Crippen molar-refractivity contribution in [2.24, 2.45) is 7.05 Å². The van der Waals surface area contributed by atoms with Crippen molar-refractivity contribution in [2.45, 2.75) is 6.04 Å². The lowest BCUT2D eigenvalue weighted by atomic mass is 10.1. The van der Waals surface area contributed by atoms with Crippen LogP contribution in [-0.2, 0) is 7.05 Å². The third-order valence-corrected chi connectivity index (χ3v) is 4.33. The number of carbonyl (C=O) groups excluding carboxylic acids is 1. The smallest absolute Gasteiger partial charge is 0.253 e. The Morgan fingerprint density at radius 3 is 2.56 bits per heavy atom. The molecular weight excluding hydrogens is 364 g/mol. The number of carbonyl (C=O) groups is 1. The molecule has 1 heterocycles. The molecule has 7 heteroatoms. The molecule has 0 unspecified atom stereocenters. The molecule has 0 aliphatic rings. The Morgan fingerprint density at radius 1 is 1.20 bits per heavy atom. The fourth-order valence-corrected chi connectivity index (χ4v) is 2.86. The largest absolute Gasteiger partial charge is 0.338 e. The summed E-state index contributed by atoms with van der Waals surface area (Å²) in [6.07, 6.45) is 3.40. The highest BCUT2D eigenvalue weighted by Gasteiger charge is 2.22. The van der Waals surface area contributed by atoms with E-state index >= 15 is 0 Å². The van der Waals surface area contributed by atoms with Gasteiger partial charge in [0, 0.05) is 24.5 Å². The van der Waals surface area contributed by atoms with Crippen LogP contribution in [0.3, 0.4) is 0 Å². The minimum atomic E-state index is -0.567. The zero-order valence-corrected chi connectivity index (χ0v) is 14.7. The standard InChI is InChI=1S/C18H14Cl2FN3O/c1-24-9-8-22-17(24)16(11-2-5-13(21)6-3-11)23-18(25)14-10-12(19)4-7-15(14)20/h2-10,16H,1H3,(H,23,25)/t16-/m1/s1. The van der Waals surface area contributed by atoms with Crippen molar-refractivity contribution in [3.63, 3.8) is 0 Å². The van der Waals surface area contributed by atoms with Crippen molar-refractivity contribution in [3.05, 3.63) is 87.7 Å². The number of halogens is 3. The summed E-state index contributed by atoms with van der Waals surface area (Å²) in [6, 6.07) is 9.99. The number of hydrogen-bond donors (Lipinski definition) is 1. The van der Waals surface area contributed by atoms with Gasteiger partial charge in [-0.25, -0.2) is 9.37 Å². The monoisotopic (exact) mass is 377 g/mol. The van der Waals surface area contributed by atoms with Crippen LogP contribution < -0.4 is 5.32 Å². The van der Waals surface area contributed by atoms with Crippen LogP contribution in [-0.4, -0.2) is 15.5 Å². The first-order valence-corrected chi connectivity index (χ1v) is 8.20. The summed E-state index contributed by atoms with van der Waals surface area (Å²) in [4.78, 5) is 17.0. The van der Waals surface area contributed by atoms with E-state index in [-0.39, 0.29) is 11.4 Å². The van der Waals surface area contributed by atoms with Crippen molar-refractivity contribution in [3.8, 4) is 0 Å². The lowest BCUT2D eigenvalue weighted by molar-refractivity contribution is 0.0941. The summed E-state index contributed by atoms with van der Waals surface area (Å²) < 4.78 is 15.0. The molecule has 3 aromatic rings. The SMILES string of the molecule is Cn1ccnc1[C@H](NC(=O)c1cc(Cl)ccc1Cl)c1ccc(F)cc1. The molecule has 0 aliphatic carbocycles. The summed E-state index contributed by atoms with van der Waals surface area (Å²) in [7, 11) is 1.82. The zero-order valence-electron chi connectivity index (χ0n) is 13.2. The van der Waals surface area contributed by atoms with E-state index < -0.39 is 11.9 Å². The van der Waals surface area contributed by atoms with E-state index in [9.17, 15) is 9.18 Å². The first-order chi connectivity index (χ1) is 12.0. The predicted molar refractivity (Wildman–Crippen MR) is 95.4 cm³/mol. The van der Waals surface area contributed by atoms with Gasteiger partial charge < -0.3 is 9.88 Å². The van der Waals surface area contributed by atoms with Crippen molar-refractivity contribution in [1.82, 2.24) is 14.9 Å². The second-order valence-corrected chi connectivity index (χ2v) is 6.32. The minimum Gasteiger partial charge on any atom is -0.338 e. The molecule has 3 rings (SSSR count). The molecule has 1 N–H and O–H groups in total. The van der Waals surface area contributed by atoms with Gasteiger partial charge in [0.05, 0.1) is 10.6 Å². The maximum absolute atomic E-state index is 13.3. The van der Waals surface area contributed by atoms with E-state index in [1.54, 1.807) is 41.2 Å². The average Bonchev–Trinajstić information content (AvgIpc) is 3.01. The van der Waals surface area contributed by atoms with Gasteiger partial charge in [-0.1, -0.05) is 35.3 Å². The van der Waals surface area contributed by atoms with Crippen molar-refractivity contribution in [1.29, 1.82) is 0 Å². The summed E-state index contributed by atoms with van der Waals surface area (Å²) >= 11 is 12.1. The third kappa shape index (κ3) is 3.83. The number of hydrogen-bond acceptors (Lipinski definition) is 2. The Labute approximate surface area is 154 Å². The average molecular weight is 378 g/mol. The van der Waals surface area contributed by atoms with E-state index in [1.807, 2.05) is 7.05 Å². The fourth-order valence-electron chi connectivity index (χ4n) is 2.49. The molecule has 2 aromatic carbocycles. The van der Waals surface area contributed by atoms with Crippen LogP contribution in [0.5, 0.6) is 0 Å². The van der Waals surface area contributed by atoms with Gasteiger partial charge in [-0.05, 0) is 35.9 Å². The van der Waals surface area contributed by atoms with Gasteiger partial charge in [-0.15, -0.1) is 0 Å². The summed E-state index contributed by atoms with van der Waals surface area (Å²) in [5.74, 6) is -0.144. The summed E-state index contributed by atoms with van der Waals surface area (Å²) in [6.45, 7) is 0. The number of benzene rings is 2. The lowest BCUT2D eigenvalue weighted by Crippen LogP contribution is -2.31. The molecule has 0 aliphatic heterocycles. The van der Waals surface area contributed by atoms with Crippen molar-refractivity contribution >= 4 is 29.1 Å². The van der Waals surface area contributed by atoms with E-state index in [1.165, 1.54) is 18.2 Å². The highest BCUT2D eigenvalue weighted by atomic mass is 35.5. The quantitative estimate of drug-likeness (QED) is 0.732. The van der Waals surface area contributed by atoms with Gasteiger partial charge >= 0.3 is 0 Å². The molecule has 0 fully saturated rings. The molecule has 25 heavy (non-hydrogen) atoms.